The summed E-state index contributed by atoms with van der Waals surface area (Å²) in [5.74, 6) is 0.0474. The summed E-state index contributed by atoms with van der Waals surface area (Å²) in [5, 5.41) is 0. The molecule has 3 nitrogen and oxygen atoms in total. The van der Waals surface area contributed by atoms with E-state index in [0.29, 0.717) is 6.42 Å². The summed E-state index contributed by atoms with van der Waals surface area (Å²) in [5.41, 5.74) is 1.70. The average molecular weight is 245 g/mol. The largest absolute Gasteiger partial charge is 0.460 e. The van der Waals surface area contributed by atoms with Gasteiger partial charge in [-0.15, -0.1) is 0 Å². The average Bonchev–Trinajstić information content (AvgIpc) is 2.27. The van der Waals surface area contributed by atoms with Gasteiger partial charge >= 0.3 is 5.97 Å². The first-order chi connectivity index (χ1) is 8.46. The van der Waals surface area contributed by atoms with E-state index >= 15 is 0 Å². The van der Waals surface area contributed by atoms with Crippen molar-refractivity contribution >= 4 is 12.0 Å². The van der Waals surface area contributed by atoms with Crippen LogP contribution in [0.25, 0.3) is 6.08 Å². The highest BCUT2D eigenvalue weighted by atomic mass is 16.6. The molecule has 0 spiro atoms. The molecule has 1 heterocycles. The molecule has 0 unspecified atom stereocenters. The fraction of sp³-hybridized carbons (Fsp3) is 0.467. The molecule has 0 saturated heterocycles. The van der Waals surface area contributed by atoms with E-state index in [4.69, 9.17) is 4.74 Å². The van der Waals surface area contributed by atoms with Gasteiger partial charge in [0.1, 0.15) is 5.60 Å². The van der Waals surface area contributed by atoms with Crippen LogP contribution in [0.2, 0.25) is 0 Å². The molecule has 1 aromatic heterocycles. The number of hydrogen-bond donors (Lipinski definition) is 0. The summed E-state index contributed by atoms with van der Waals surface area (Å²) >= 11 is 0. The van der Waals surface area contributed by atoms with E-state index in [9.17, 15) is 4.79 Å². The van der Waals surface area contributed by atoms with Crippen LogP contribution >= 0.6 is 0 Å². The summed E-state index contributed by atoms with van der Waals surface area (Å²) in [7, 11) is 0. The van der Waals surface area contributed by atoms with Crippen LogP contribution in [0.4, 0.5) is 0 Å². The van der Waals surface area contributed by atoms with E-state index in [1.807, 2.05) is 39.0 Å². The van der Waals surface area contributed by atoms with Crippen molar-refractivity contribution in [2.24, 2.45) is 0 Å². The maximum Gasteiger partial charge on any atom is 0.306 e. The van der Waals surface area contributed by atoms with Crippen LogP contribution in [0.1, 0.15) is 50.8 Å². The van der Waals surface area contributed by atoms with E-state index < -0.39 is 5.60 Å². The summed E-state index contributed by atoms with van der Waals surface area (Å²) in [6, 6.07) is 3.96. The number of allylic oxidation sites excluding steroid dienone is 1. The molecule has 1 aliphatic rings. The van der Waals surface area contributed by atoms with Crippen LogP contribution in [-0.2, 0) is 9.53 Å². The second-order valence-electron chi connectivity index (χ2n) is 5.60. The maximum atomic E-state index is 11.9. The van der Waals surface area contributed by atoms with Crippen molar-refractivity contribution in [1.82, 2.24) is 4.98 Å². The van der Waals surface area contributed by atoms with Crippen molar-refractivity contribution in [3.8, 4) is 0 Å². The molecule has 2 rings (SSSR count). The Morgan fingerprint density at radius 2 is 2.28 bits per heavy atom. The van der Waals surface area contributed by atoms with Crippen LogP contribution in [0, 0.1) is 0 Å². The molecule has 0 aliphatic heterocycles. The molecule has 0 amide bonds. The minimum absolute atomic E-state index is 0.141. The molecular weight excluding hydrogens is 226 g/mol. The zero-order chi connectivity index (χ0) is 13.2. The number of carbonyl (C=O) groups excluding carboxylic acids is 1. The highest BCUT2D eigenvalue weighted by molar-refractivity contribution is 5.72. The van der Waals surface area contributed by atoms with Crippen LogP contribution in [0.3, 0.4) is 0 Å². The molecule has 3 heteroatoms. The van der Waals surface area contributed by atoms with Crippen LogP contribution in [-0.4, -0.2) is 16.6 Å². The lowest BCUT2D eigenvalue weighted by Crippen LogP contribution is -2.25. The van der Waals surface area contributed by atoms with Gasteiger partial charge in [0.05, 0.1) is 12.1 Å². The van der Waals surface area contributed by atoms with E-state index in [-0.39, 0.29) is 11.9 Å². The van der Waals surface area contributed by atoms with Crippen molar-refractivity contribution in [3.63, 3.8) is 0 Å². The Kier molecular flexibility index (Phi) is 3.50. The summed E-state index contributed by atoms with van der Waals surface area (Å²) in [6.07, 6.45) is 7.16. The van der Waals surface area contributed by atoms with E-state index in [1.54, 1.807) is 6.20 Å². The van der Waals surface area contributed by atoms with Gasteiger partial charge < -0.3 is 4.74 Å². The molecule has 0 fully saturated rings. The molecule has 1 aliphatic carbocycles. The molecule has 0 radical (unpaired) electrons. The first kappa shape index (κ1) is 12.8. The van der Waals surface area contributed by atoms with Gasteiger partial charge in [-0.25, -0.2) is 0 Å². The predicted octanol–water partition coefficient (Wildman–Crippen LogP) is 3.31. The number of ether oxygens (including phenoxy) is 1. The molecule has 0 saturated carbocycles. The number of carbonyl (C=O) groups is 1. The molecule has 1 atom stereocenters. The zero-order valence-electron chi connectivity index (χ0n) is 11.1. The third-order valence-corrected chi connectivity index (χ3v) is 2.84. The Morgan fingerprint density at radius 1 is 1.50 bits per heavy atom. The van der Waals surface area contributed by atoms with E-state index in [1.165, 1.54) is 0 Å². The Balaban J connectivity index is 2.08. The fourth-order valence-corrected chi connectivity index (χ4v) is 2.16. The Morgan fingerprint density at radius 3 is 3.00 bits per heavy atom. The van der Waals surface area contributed by atoms with Gasteiger partial charge in [-0.3, -0.25) is 9.78 Å². The first-order valence-electron chi connectivity index (χ1n) is 6.29. The molecule has 1 aromatic rings. The van der Waals surface area contributed by atoms with Crippen molar-refractivity contribution < 1.29 is 9.53 Å². The normalized spacial score (nSPS) is 18.3. The lowest BCUT2D eigenvalue weighted by Gasteiger charge is -2.23. The van der Waals surface area contributed by atoms with Crippen molar-refractivity contribution in [2.45, 2.75) is 45.1 Å². The number of nitrogens with zero attached hydrogens (tertiary/aromatic N) is 1. The maximum absolute atomic E-state index is 11.9. The monoisotopic (exact) mass is 245 g/mol. The van der Waals surface area contributed by atoms with Crippen molar-refractivity contribution in [1.29, 1.82) is 0 Å². The van der Waals surface area contributed by atoms with Crippen molar-refractivity contribution in [2.75, 3.05) is 0 Å². The zero-order valence-corrected chi connectivity index (χ0v) is 11.1. The van der Waals surface area contributed by atoms with Crippen LogP contribution < -0.4 is 0 Å². The second kappa shape index (κ2) is 4.92. The van der Waals surface area contributed by atoms with Gasteiger partial charge in [0.15, 0.2) is 0 Å². The molecule has 18 heavy (non-hydrogen) atoms. The molecule has 0 bridgehead atoms. The third kappa shape index (κ3) is 3.19. The van der Waals surface area contributed by atoms with Crippen LogP contribution in [0.15, 0.2) is 24.4 Å². The number of hydrogen-bond acceptors (Lipinski definition) is 3. The highest BCUT2D eigenvalue weighted by Gasteiger charge is 2.23. The minimum Gasteiger partial charge on any atom is -0.460 e. The number of aromatic nitrogens is 1. The smallest absolute Gasteiger partial charge is 0.306 e. The highest BCUT2D eigenvalue weighted by Crippen LogP contribution is 2.31. The van der Waals surface area contributed by atoms with Crippen molar-refractivity contribution in [3.05, 3.63) is 35.7 Å². The minimum atomic E-state index is -0.417. The summed E-state index contributed by atoms with van der Waals surface area (Å²) in [4.78, 5) is 16.2. The molecular formula is C15H19NO2. The Bertz CT molecular complexity index is 472. The molecule has 0 N–H and O–H groups in total. The second-order valence-corrected chi connectivity index (χ2v) is 5.60. The van der Waals surface area contributed by atoms with Gasteiger partial charge in [0, 0.05) is 6.20 Å². The van der Waals surface area contributed by atoms with Gasteiger partial charge in [-0.1, -0.05) is 12.1 Å². The summed E-state index contributed by atoms with van der Waals surface area (Å²) in [6.45, 7) is 5.67. The van der Waals surface area contributed by atoms with Gasteiger partial charge in [0.25, 0.3) is 0 Å². The van der Waals surface area contributed by atoms with Gasteiger partial charge in [0.2, 0.25) is 0 Å². The SMILES string of the molecule is CC(C)(C)OC(=O)C[C@H]1CC=Cc2ncccc21. The molecule has 0 aromatic carbocycles. The van der Waals surface area contributed by atoms with E-state index in [2.05, 4.69) is 11.1 Å². The fourth-order valence-electron chi connectivity index (χ4n) is 2.16. The van der Waals surface area contributed by atoms with Gasteiger partial charge in [-0.2, -0.15) is 0 Å². The first-order valence-corrected chi connectivity index (χ1v) is 6.29. The lowest BCUT2D eigenvalue weighted by atomic mass is 9.87. The number of esters is 1. The third-order valence-electron chi connectivity index (χ3n) is 2.84. The topological polar surface area (TPSA) is 39.2 Å². The number of rotatable bonds is 2. The van der Waals surface area contributed by atoms with Crippen LogP contribution in [0.5, 0.6) is 0 Å². The quantitative estimate of drug-likeness (QED) is 0.750. The standard InChI is InChI=1S/C15H19NO2/c1-15(2,3)18-14(17)10-11-6-4-8-13-12(11)7-5-9-16-13/h4-5,7-9,11H,6,10H2,1-3H3/t11-/m1/s1. The predicted molar refractivity (Wildman–Crippen MR) is 71.1 cm³/mol. The Hall–Kier alpha value is -1.64. The Labute approximate surface area is 108 Å². The van der Waals surface area contributed by atoms with E-state index in [0.717, 1.165) is 17.7 Å². The number of fused-ring (bicyclic) bond motifs is 1. The van der Waals surface area contributed by atoms with Gasteiger partial charge in [-0.05, 0) is 50.8 Å². The number of pyridine rings is 1. The molecule has 96 valence electrons. The summed E-state index contributed by atoms with van der Waals surface area (Å²) < 4.78 is 5.37. The lowest BCUT2D eigenvalue weighted by molar-refractivity contribution is -0.155.